The molecule has 0 aromatic heterocycles. The molecule has 1 heterocycles. The van der Waals surface area contributed by atoms with Crippen molar-refractivity contribution in [2.45, 2.75) is 31.3 Å². The molecule has 5 N–H and O–H groups in total. The number of carbonyl (C=O) groups is 2. The van der Waals surface area contributed by atoms with Crippen molar-refractivity contribution in [2.75, 3.05) is 10.6 Å². The second-order valence-electron chi connectivity index (χ2n) is 7.95. The number of rotatable bonds is 7. The highest BCUT2D eigenvalue weighted by Gasteiger charge is 2.45. The molecule has 1 aliphatic carbocycles. The Bertz CT molecular complexity index is 998. The van der Waals surface area contributed by atoms with Gasteiger partial charge in [-0.15, -0.1) is 0 Å². The number of hydrogen-bond acceptors (Lipinski definition) is 5. The number of amides is 2. The molecule has 154 valence electrons. The highest BCUT2D eigenvalue weighted by atomic mass is 16.2. The maximum absolute atomic E-state index is 12.5. The number of imide groups is 1. The third-order valence-electron chi connectivity index (χ3n) is 5.52. The first-order valence-electron chi connectivity index (χ1n) is 10.2. The Morgan fingerprint density at radius 1 is 1.03 bits per heavy atom. The van der Waals surface area contributed by atoms with Crippen LogP contribution in [-0.4, -0.2) is 23.4 Å². The molecule has 30 heavy (non-hydrogen) atoms. The summed E-state index contributed by atoms with van der Waals surface area (Å²) in [6, 6.07) is 19.6. The van der Waals surface area contributed by atoms with Gasteiger partial charge >= 0.3 is 0 Å². The summed E-state index contributed by atoms with van der Waals surface area (Å²) in [5, 5.41) is 9.54. The summed E-state index contributed by atoms with van der Waals surface area (Å²) in [6.07, 6.45) is 5.15. The van der Waals surface area contributed by atoms with Gasteiger partial charge in [-0.1, -0.05) is 36.4 Å². The van der Waals surface area contributed by atoms with Crippen LogP contribution in [0.25, 0.3) is 0 Å². The largest absolute Gasteiger partial charge is 0.371 e. The highest BCUT2D eigenvalue weighted by molar-refractivity contribution is 6.16. The maximum Gasteiger partial charge on any atom is 0.254 e. The zero-order valence-corrected chi connectivity index (χ0v) is 16.9. The molecule has 3 unspecified atom stereocenters. The van der Waals surface area contributed by atoms with Crippen LogP contribution in [0.4, 0.5) is 11.4 Å². The van der Waals surface area contributed by atoms with E-state index in [0.717, 1.165) is 23.5 Å². The Kier molecular flexibility index (Phi) is 5.42. The fourth-order valence-corrected chi connectivity index (χ4v) is 3.96. The zero-order valence-electron chi connectivity index (χ0n) is 16.9. The summed E-state index contributed by atoms with van der Waals surface area (Å²) in [6.45, 7) is 1.97. The van der Waals surface area contributed by atoms with Crippen LogP contribution < -0.4 is 21.7 Å². The Labute approximate surface area is 176 Å². The lowest BCUT2D eigenvalue weighted by molar-refractivity contribution is -0.125. The molecule has 6 heteroatoms. The molecular formula is C24H26N4O2. The highest BCUT2D eigenvalue weighted by Crippen LogP contribution is 2.39. The predicted molar refractivity (Wildman–Crippen MR) is 119 cm³/mol. The first-order chi connectivity index (χ1) is 14.5. The van der Waals surface area contributed by atoms with Gasteiger partial charge in [-0.05, 0) is 56.2 Å². The minimum absolute atomic E-state index is 0.00687. The van der Waals surface area contributed by atoms with E-state index >= 15 is 0 Å². The van der Waals surface area contributed by atoms with Crippen LogP contribution in [-0.2, 0) is 9.59 Å². The van der Waals surface area contributed by atoms with Gasteiger partial charge in [0.2, 0.25) is 5.91 Å². The van der Waals surface area contributed by atoms with Crippen LogP contribution in [0.15, 0.2) is 84.1 Å². The fraction of sp³-hybridized carbons (Fsp3) is 0.250. The third-order valence-corrected chi connectivity index (χ3v) is 5.52. The predicted octanol–water partition coefficient (Wildman–Crippen LogP) is 3.17. The topological polar surface area (TPSA) is 96.2 Å². The second-order valence-corrected chi connectivity index (χ2v) is 7.95. The third kappa shape index (κ3) is 4.00. The quantitative estimate of drug-likeness (QED) is 0.534. The van der Waals surface area contributed by atoms with Crippen molar-refractivity contribution in [3.05, 3.63) is 84.1 Å². The lowest BCUT2D eigenvalue weighted by Gasteiger charge is -2.40. The normalized spacial score (nSPS) is 23.7. The van der Waals surface area contributed by atoms with E-state index in [9.17, 15) is 9.59 Å². The van der Waals surface area contributed by atoms with Gasteiger partial charge in [-0.2, -0.15) is 0 Å². The summed E-state index contributed by atoms with van der Waals surface area (Å²) in [5.74, 6) is -1.22. The standard InChI is InChI=1S/C24H26N4O2/c1-16(25)12-13-24(28-18-10-6-3-7-11-18)15-20-19(22(29)27-23(20)30)14-21(24)26-17-8-4-2-5-9-17/h2-11,14-16,19,26,28H,12-13,25H2,1H3,(H,27,29,30). The van der Waals surface area contributed by atoms with E-state index in [4.69, 9.17) is 5.73 Å². The SMILES string of the molecule is CC(N)CCC1(Nc2ccccc2)C=C2C(=O)NC(=O)C2C=C1Nc1ccccc1. The summed E-state index contributed by atoms with van der Waals surface area (Å²) in [4.78, 5) is 24.8. The van der Waals surface area contributed by atoms with E-state index in [1.165, 1.54) is 0 Å². The number of nitrogens with one attached hydrogen (secondary N) is 3. The van der Waals surface area contributed by atoms with Gasteiger partial charge in [0.05, 0.1) is 11.5 Å². The van der Waals surface area contributed by atoms with Gasteiger partial charge in [-0.3, -0.25) is 14.9 Å². The molecule has 0 radical (unpaired) electrons. The minimum Gasteiger partial charge on any atom is -0.371 e. The summed E-state index contributed by atoms with van der Waals surface area (Å²) >= 11 is 0. The number of para-hydroxylation sites is 2. The molecule has 1 aliphatic heterocycles. The number of nitrogens with two attached hydrogens (primary N) is 1. The molecule has 1 fully saturated rings. The summed E-state index contributed by atoms with van der Waals surface area (Å²) < 4.78 is 0. The molecule has 2 amide bonds. The Hall–Kier alpha value is -3.38. The van der Waals surface area contributed by atoms with E-state index in [0.29, 0.717) is 12.0 Å². The molecule has 2 aromatic rings. The van der Waals surface area contributed by atoms with Gasteiger partial charge < -0.3 is 16.4 Å². The number of hydrogen-bond donors (Lipinski definition) is 4. The average molecular weight is 402 g/mol. The lowest BCUT2D eigenvalue weighted by Crippen LogP contribution is -2.45. The maximum atomic E-state index is 12.5. The molecule has 2 aromatic carbocycles. The van der Waals surface area contributed by atoms with Crippen molar-refractivity contribution in [3.8, 4) is 0 Å². The summed E-state index contributed by atoms with van der Waals surface area (Å²) in [5.41, 5.74) is 8.52. The van der Waals surface area contributed by atoms with Crippen LogP contribution in [0.1, 0.15) is 19.8 Å². The molecule has 2 aliphatic rings. The second kappa shape index (κ2) is 8.16. The zero-order chi connectivity index (χ0) is 21.1. The molecule has 1 saturated heterocycles. The number of carbonyl (C=O) groups excluding carboxylic acids is 2. The smallest absolute Gasteiger partial charge is 0.254 e. The van der Waals surface area contributed by atoms with Gasteiger partial charge in [0, 0.05) is 28.7 Å². The van der Waals surface area contributed by atoms with Crippen LogP contribution in [0.2, 0.25) is 0 Å². The van der Waals surface area contributed by atoms with Crippen LogP contribution in [0.5, 0.6) is 0 Å². The van der Waals surface area contributed by atoms with Gasteiger partial charge in [0.15, 0.2) is 0 Å². The molecule has 0 spiro atoms. The molecule has 6 nitrogen and oxygen atoms in total. The van der Waals surface area contributed by atoms with Crippen molar-refractivity contribution in [1.82, 2.24) is 5.32 Å². The van der Waals surface area contributed by atoms with Crippen molar-refractivity contribution in [2.24, 2.45) is 11.7 Å². The lowest BCUT2D eigenvalue weighted by atomic mass is 9.78. The number of fused-ring (bicyclic) bond motifs is 1. The Morgan fingerprint density at radius 2 is 1.67 bits per heavy atom. The van der Waals surface area contributed by atoms with Crippen LogP contribution in [0, 0.1) is 5.92 Å². The van der Waals surface area contributed by atoms with E-state index in [1.54, 1.807) is 0 Å². The number of benzene rings is 2. The van der Waals surface area contributed by atoms with Crippen molar-refractivity contribution < 1.29 is 9.59 Å². The fourth-order valence-electron chi connectivity index (χ4n) is 3.96. The van der Waals surface area contributed by atoms with E-state index in [-0.39, 0.29) is 17.9 Å². The van der Waals surface area contributed by atoms with E-state index in [2.05, 4.69) is 16.0 Å². The number of anilines is 2. The van der Waals surface area contributed by atoms with Crippen LogP contribution >= 0.6 is 0 Å². The van der Waals surface area contributed by atoms with E-state index < -0.39 is 11.5 Å². The van der Waals surface area contributed by atoms with Gasteiger partial charge in [0.25, 0.3) is 5.91 Å². The molecule has 4 rings (SSSR count). The van der Waals surface area contributed by atoms with Crippen molar-refractivity contribution in [3.63, 3.8) is 0 Å². The first-order valence-corrected chi connectivity index (χ1v) is 10.2. The van der Waals surface area contributed by atoms with Crippen LogP contribution in [0.3, 0.4) is 0 Å². The van der Waals surface area contributed by atoms with Crippen molar-refractivity contribution in [1.29, 1.82) is 0 Å². The Morgan fingerprint density at radius 3 is 2.30 bits per heavy atom. The first kappa shape index (κ1) is 19.9. The monoisotopic (exact) mass is 402 g/mol. The Balaban J connectivity index is 1.80. The van der Waals surface area contributed by atoms with E-state index in [1.807, 2.05) is 79.7 Å². The summed E-state index contributed by atoms with van der Waals surface area (Å²) in [7, 11) is 0. The van der Waals surface area contributed by atoms with Gasteiger partial charge in [0.1, 0.15) is 0 Å². The molecule has 0 saturated carbocycles. The molecular weight excluding hydrogens is 376 g/mol. The molecule has 0 bridgehead atoms. The molecule has 3 atom stereocenters. The van der Waals surface area contributed by atoms with Gasteiger partial charge in [-0.25, -0.2) is 0 Å². The van der Waals surface area contributed by atoms with Crippen molar-refractivity contribution >= 4 is 23.2 Å². The average Bonchev–Trinajstić information content (AvgIpc) is 3.01. The minimum atomic E-state index is -0.710.